The third kappa shape index (κ3) is 2.50. The van der Waals surface area contributed by atoms with E-state index in [4.69, 9.17) is 4.98 Å². The summed E-state index contributed by atoms with van der Waals surface area (Å²) in [5.41, 5.74) is 5.03. The van der Waals surface area contributed by atoms with Crippen molar-refractivity contribution in [2.75, 3.05) is 0 Å². The summed E-state index contributed by atoms with van der Waals surface area (Å²) in [6, 6.07) is 25.2. The number of hydrogen-bond donors (Lipinski definition) is 0. The molecular formula is C21H13N3O2S. The first kappa shape index (κ1) is 15.7. The molecule has 5 aromatic rings. The highest BCUT2D eigenvalue weighted by Crippen LogP contribution is 2.39. The van der Waals surface area contributed by atoms with E-state index >= 15 is 0 Å². The quantitative estimate of drug-likeness (QED) is 0.298. The predicted molar refractivity (Wildman–Crippen MR) is 108 cm³/mol. The molecule has 0 aliphatic heterocycles. The Bertz CT molecular complexity index is 1290. The van der Waals surface area contributed by atoms with E-state index in [0.717, 1.165) is 37.7 Å². The predicted octanol–water partition coefficient (Wildman–Crippen LogP) is 5.79. The Morgan fingerprint density at radius 1 is 0.889 bits per heavy atom. The smallest absolute Gasteiger partial charge is 0.270 e. The second kappa shape index (κ2) is 6.03. The van der Waals surface area contributed by atoms with Crippen molar-refractivity contribution in [1.29, 1.82) is 0 Å². The van der Waals surface area contributed by atoms with Crippen molar-refractivity contribution >= 4 is 32.2 Å². The number of nitrogens with zero attached hydrogens (tertiary/aromatic N) is 3. The molecule has 0 spiro atoms. The highest BCUT2D eigenvalue weighted by atomic mass is 32.1. The summed E-state index contributed by atoms with van der Waals surface area (Å²) < 4.78 is 2.95. The van der Waals surface area contributed by atoms with Gasteiger partial charge >= 0.3 is 0 Å². The van der Waals surface area contributed by atoms with Crippen LogP contribution in [0.15, 0.2) is 78.9 Å². The lowest BCUT2D eigenvalue weighted by molar-refractivity contribution is -0.384. The summed E-state index contributed by atoms with van der Waals surface area (Å²) in [5, 5.41) is 11.1. The summed E-state index contributed by atoms with van der Waals surface area (Å²) in [4.78, 5) is 16.5. The molecule has 0 saturated heterocycles. The van der Waals surface area contributed by atoms with Gasteiger partial charge in [-0.25, -0.2) is 4.98 Å². The van der Waals surface area contributed by atoms with E-state index in [1.54, 1.807) is 18.2 Å². The standard InChI is InChI=1S/C21H13N3O2S/c25-24(26)16-11-12-17-18(13-16)27-21-22-19(14-7-3-1-4-8-14)20(23(17)21)15-9-5-2-6-10-15/h1-13H. The number of fused-ring (bicyclic) bond motifs is 3. The lowest BCUT2D eigenvalue weighted by Gasteiger charge is -2.06. The number of imidazole rings is 1. The van der Waals surface area contributed by atoms with E-state index in [2.05, 4.69) is 16.5 Å². The summed E-state index contributed by atoms with van der Waals surface area (Å²) in [6.45, 7) is 0. The first-order valence-corrected chi connectivity index (χ1v) is 9.24. The summed E-state index contributed by atoms with van der Waals surface area (Å²) in [6.07, 6.45) is 0. The molecule has 0 saturated carbocycles. The molecule has 130 valence electrons. The first-order chi connectivity index (χ1) is 13.2. The van der Waals surface area contributed by atoms with Crippen LogP contribution in [0.2, 0.25) is 0 Å². The molecular weight excluding hydrogens is 358 g/mol. The van der Waals surface area contributed by atoms with Crippen LogP contribution in [0.3, 0.4) is 0 Å². The van der Waals surface area contributed by atoms with Crippen molar-refractivity contribution in [3.05, 3.63) is 89.0 Å². The third-order valence-electron chi connectivity index (χ3n) is 4.54. The van der Waals surface area contributed by atoms with Gasteiger partial charge in [0.25, 0.3) is 5.69 Å². The van der Waals surface area contributed by atoms with E-state index in [1.807, 2.05) is 48.5 Å². The molecule has 0 radical (unpaired) electrons. The fourth-order valence-electron chi connectivity index (χ4n) is 3.33. The molecule has 2 heterocycles. The van der Waals surface area contributed by atoms with Gasteiger partial charge in [0.15, 0.2) is 4.96 Å². The number of nitro groups is 1. The molecule has 0 amide bonds. The Kier molecular flexibility index (Phi) is 3.51. The van der Waals surface area contributed by atoms with Crippen molar-refractivity contribution in [3.8, 4) is 22.5 Å². The monoisotopic (exact) mass is 371 g/mol. The lowest BCUT2D eigenvalue weighted by Crippen LogP contribution is -1.90. The zero-order valence-corrected chi connectivity index (χ0v) is 14.9. The van der Waals surface area contributed by atoms with Crippen LogP contribution < -0.4 is 0 Å². The fraction of sp³-hybridized carbons (Fsp3) is 0. The van der Waals surface area contributed by atoms with Crippen LogP contribution in [0.25, 0.3) is 37.7 Å². The maximum absolute atomic E-state index is 11.1. The summed E-state index contributed by atoms with van der Waals surface area (Å²) in [5.74, 6) is 0. The Morgan fingerprint density at radius 2 is 1.56 bits per heavy atom. The second-order valence-electron chi connectivity index (χ2n) is 6.17. The molecule has 0 aliphatic rings. The number of benzene rings is 3. The van der Waals surface area contributed by atoms with Gasteiger partial charge in [0, 0.05) is 23.3 Å². The number of aromatic nitrogens is 2. The minimum absolute atomic E-state index is 0.0940. The SMILES string of the molecule is O=[N+]([O-])c1ccc2c(c1)sc1nc(-c3ccccc3)c(-c3ccccc3)n12. The summed E-state index contributed by atoms with van der Waals surface area (Å²) >= 11 is 1.46. The lowest BCUT2D eigenvalue weighted by atomic mass is 10.0. The van der Waals surface area contributed by atoms with Gasteiger partial charge in [0.1, 0.15) is 0 Å². The fourth-order valence-corrected chi connectivity index (χ4v) is 4.39. The highest BCUT2D eigenvalue weighted by Gasteiger charge is 2.20. The highest BCUT2D eigenvalue weighted by molar-refractivity contribution is 7.23. The average molecular weight is 371 g/mol. The van der Waals surface area contributed by atoms with Crippen molar-refractivity contribution in [2.45, 2.75) is 0 Å². The molecule has 27 heavy (non-hydrogen) atoms. The van der Waals surface area contributed by atoms with Crippen LogP contribution in [0.5, 0.6) is 0 Å². The van der Waals surface area contributed by atoms with E-state index in [9.17, 15) is 10.1 Å². The zero-order chi connectivity index (χ0) is 18.4. The third-order valence-corrected chi connectivity index (χ3v) is 5.54. The van der Waals surface area contributed by atoms with Gasteiger partial charge in [-0.3, -0.25) is 14.5 Å². The Hall–Kier alpha value is -3.51. The van der Waals surface area contributed by atoms with Crippen LogP contribution in [0, 0.1) is 10.1 Å². The van der Waals surface area contributed by atoms with E-state index in [1.165, 1.54) is 11.3 Å². The number of rotatable bonds is 3. The Morgan fingerprint density at radius 3 is 2.22 bits per heavy atom. The molecule has 0 unspecified atom stereocenters. The van der Waals surface area contributed by atoms with Crippen LogP contribution in [-0.2, 0) is 0 Å². The second-order valence-corrected chi connectivity index (χ2v) is 7.18. The number of hydrogen-bond acceptors (Lipinski definition) is 4. The van der Waals surface area contributed by atoms with Crippen molar-refractivity contribution in [2.24, 2.45) is 0 Å². The van der Waals surface area contributed by atoms with Crippen molar-refractivity contribution in [3.63, 3.8) is 0 Å². The van der Waals surface area contributed by atoms with Gasteiger partial charge in [-0.1, -0.05) is 72.0 Å². The van der Waals surface area contributed by atoms with Gasteiger partial charge in [-0.15, -0.1) is 0 Å². The van der Waals surface area contributed by atoms with E-state index < -0.39 is 0 Å². The van der Waals surface area contributed by atoms with E-state index in [-0.39, 0.29) is 10.6 Å². The minimum Gasteiger partial charge on any atom is -0.282 e. The van der Waals surface area contributed by atoms with Gasteiger partial charge in [0.05, 0.1) is 26.5 Å². The maximum Gasteiger partial charge on any atom is 0.270 e. The van der Waals surface area contributed by atoms with Gasteiger partial charge in [-0.05, 0) is 6.07 Å². The Labute approximate surface area is 158 Å². The zero-order valence-electron chi connectivity index (χ0n) is 14.1. The van der Waals surface area contributed by atoms with Crippen molar-refractivity contribution in [1.82, 2.24) is 9.38 Å². The molecule has 0 N–H and O–H groups in total. The number of non-ortho nitro benzene ring substituents is 1. The number of thiazole rings is 1. The first-order valence-electron chi connectivity index (χ1n) is 8.42. The minimum atomic E-state index is -0.366. The molecule has 6 heteroatoms. The van der Waals surface area contributed by atoms with Crippen LogP contribution in [-0.4, -0.2) is 14.3 Å². The maximum atomic E-state index is 11.1. The molecule has 0 atom stereocenters. The molecule has 0 aliphatic carbocycles. The van der Waals surface area contributed by atoms with Crippen LogP contribution >= 0.6 is 11.3 Å². The van der Waals surface area contributed by atoms with E-state index in [0.29, 0.717) is 0 Å². The molecule has 3 aromatic carbocycles. The van der Waals surface area contributed by atoms with Crippen LogP contribution in [0.1, 0.15) is 0 Å². The van der Waals surface area contributed by atoms with Crippen molar-refractivity contribution < 1.29 is 4.92 Å². The topological polar surface area (TPSA) is 60.4 Å². The normalized spacial score (nSPS) is 11.3. The Balaban J connectivity index is 1.87. The van der Waals surface area contributed by atoms with Gasteiger partial charge in [-0.2, -0.15) is 0 Å². The molecule has 2 aromatic heterocycles. The molecule has 0 bridgehead atoms. The average Bonchev–Trinajstić information content (AvgIpc) is 3.24. The largest absolute Gasteiger partial charge is 0.282 e. The van der Waals surface area contributed by atoms with Crippen LogP contribution in [0.4, 0.5) is 5.69 Å². The summed E-state index contributed by atoms with van der Waals surface area (Å²) in [7, 11) is 0. The molecule has 5 nitrogen and oxygen atoms in total. The van der Waals surface area contributed by atoms with Gasteiger partial charge < -0.3 is 0 Å². The number of nitro benzene ring substituents is 1. The molecule has 5 rings (SSSR count). The van der Waals surface area contributed by atoms with Gasteiger partial charge in [0.2, 0.25) is 0 Å². The molecule has 0 fully saturated rings.